The Labute approximate surface area is 135 Å². The number of alkyl carbamates (subject to hydrolysis) is 1. The summed E-state index contributed by atoms with van der Waals surface area (Å²) in [7, 11) is 1.55. The Morgan fingerprint density at radius 3 is 2.48 bits per heavy atom. The smallest absolute Gasteiger partial charge is 0.407 e. The molecule has 120 valence electrons. The van der Waals surface area contributed by atoms with Crippen molar-refractivity contribution in [2.45, 2.75) is 13.0 Å². The SMILES string of the molecule is CCOC(=O)NC(C(=O)c1ccccc1)c1cccc(OC)c1. The van der Waals surface area contributed by atoms with Crippen LogP contribution in [0.5, 0.6) is 5.75 Å². The van der Waals surface area contributed by atoms with Gasteiger partial charge in [-0.3, -0.25) is 4.79 Å². The first-order valence-corrected chi connectivity index (χ1v) is 7.32. The predicted octanol–water partition coefficient (Wildman–Crippen LogP) is 3.37. The van der Waals surface area contributed by atoms with E-state index in [1.54, 1.807) is 62.6 Å². The standard InChI is InChI=1S/C18H19NO4/c1-3-23-18(21)19-16(14-10-7-11-15(12-14)22-2)17(20)13-8-5-4-6-9-13/h4-12,16H,3H2,1-2H3,(H,19,21). The maximum Gasteiger partial charge on any atom is 0.407 e. The van der Waals surface area contributed by atoms with Crippen molar-refractivity contribution in [1.29, 1.82) is 0 Å². The van der Waals surface area contributed by atoms with Crippen LogP contribution >= 0.6 is 0 Å². The van der Waals surface area contributed by atoms with Crippen molar-refractivity contribution < 1.29 is 19.1 Å². The van der Waals surface area contributed by atoms with Crippen molar-refractivity contribution in [3.63, 3.8) is 0 Å². The van der Waals surface area contributed by atoms with Crippen LogP contribution in [0.25, 0.3) is 0 Å². The highest BCUT2D eigenvalue weighted by atomic mass is 16.5. The second kappa shape index (κ2) is 7.98. The average molecular weight is 313 g/mol. The van der Waals surface area contributed by atoms with Gasteiger partial charge in [-0.2, -0.15) is 0 Å². The van der Waals surface area contributed by atoms with Gasteiger partial charge < -0.3 is 14.8 Å². The molecule has 0 radical (unpaired) electrons. The maximum absolute atomic E-state index is 12.8. The van der Waals surface area contributed by atoms with Gasteiger partial charge in [-0.15, -0.1) is 0 Å². The Balaban J connectivity index is 2.34. The summed E-state index contributed by atoms with van der Waals surface area (Å²) in [5, 5.41) is 2.62. The van der Waals surface area contributed by atoms with Crippen molar-refractivity contribution in [1.82, 2.24) is 5.32 Å². The Morgan fingerprint density at radius 1 is 1.09 bits per heavy atom. The lowest BCUT2D eigenvalue weighted by Crippen LogP contribution is -2.34. The minimum Gasteiger partial charge on any atom is -0.497 e. The number of amides is 1. The monoisotopic (exact) mass is 313 g/mol. The second-order valence-corrected chi connectivity index (χ2v) is 4.80. The van der Waals surface area contributed by atoms with Crippen molar-refractivity contribution >= 4 is 11.9 Å². The first kappa shape index (κ1) is 16.5. The first-order valence-electron chi connectivity index (χ1n) is 7.32. The van der Waals surface area contributed by atoms with E-state index in [2.05, 4.69) is 5.32 Å². The van der Waals surface area contributed by atoms with Crippen molar-refractivity contribution in [2.24, 2.45) is 0 Å². The molecule has 0 aliphatic carbocycles. The maximum atomic E-state index is 12.8. The Morgan fingerprint density at radius 2 is 1.83 bits per heavy atom. The number of ketones is 1. The molecule has 23 heavy (non-hydrogen) atoms. The summed E-state index contributed by atoms with van der Waals surface area (Å²) in [6, 6.07) is 15.0. The van der Waals surface area contributed by atoms with E-state index in [0.717, 1.165) is 0 Å². The number of benzene rings is 2. The van der Waals surface area contributed by atoms with Crippen LogP contribution < -0.4 is 10.1 Å². The van der Waals surface area contributed by atoms with Crippen LogP contribution in [0.1, 0.15) is 28.9 Å². The molecule has 0 heterocycles. The van der Waals surface area contributed by atoms with Crippen LogP contribution in [0.15, 0.2) is 54.6 Å². The molecule has 0 aliphatic heterocycles. The van der Waals surface area contributed by atoms with Crippen LogP contribution in [0.3, 0.4) is 0 Å². The van der Waals surface area contributed by atoms with Gasteiger partial charge in [-0.05, 0) is 24.6 Å². The third kappa shape index (κ3) is 4.32. The van der Waals surface area contributed by atoms with Crippen molar-refractivity contribution in [2.75, 3.05) is 13.7 Å². The molecule has 2 rings (SSSR count). The number of rotatable bonds is 6. The first-order chi connectivity index (χ1) is 11.2. The van der Waals surface area contributed by atoms with Crippen molar-refractivity contribution in [3.05, 3.63) is 65.7 Å². The summed E-state index contributed by atoms with van der Waals surface area (Å²) >= 11 is 0. The van der Waals surface area contributed by atoms with Gasteiger partial charge in [0.25, 0.3) is 0 Å². The van der Waals surface area contributed by atoms with Gasteiger partial charge in [0.1, 0.15) is 11.8 Å². The largest absolute Gasteiger partial charge is 0.497 e. The molecule has 5 nitrogen and oxygen atoms in total. The van der Waals surface area contributed by atoms with Gasteiger partial charge in [0.05, 0.1) is 13.7 Å². The summed E-state index contributed by atoms with van der Waals surface area (Å²) in [6.45, 7) is 1.94. The number of nitrogens with one attached hydrogen (secondary N) is 1. The highest BCUT2D eigenvalue weighted by Gasteiger charge is 2.24. The van der Waals surface area contributed by atoms with E-state index in [1.165, 1.54) is 0 Å². The number of Topliss-reactive ketones (excluding diaryl/α,β-unsaturated/α-hetero) is 1. The third-order valence-corrected chi connectivity index (χ3v) is 3.29. The highest BCUT2D eigenvalue weighted by Crippen LogP contribution is 2.23. The molecule has 2 aromatic carbocycles. The van der Waals surface area contributed by atoms with Gasteiger partial charge in [0, 0.05) is 5.56 Å². The normalized spacial score (nSPS) is 11.4. The Kier molecular flexibility index (Phi) is 5.74. The van der Waals surface area contributed by atoms with Gasteiger partial charge in [0.15, 0.2) is 5.78 Å². The quantitative estimate of drug-likeness (QED) is 0.831. The van der Waals surface area contributed by atoms with Crippen LogP contribution in [-0.2, 0) is 4.74 Å². The molecule has 0 aromatic heterocycles. The van der Waals surface area contributed by atoms with E-state index in [9.17, 15) is 9.59 Å². The zero-order valence-electron chi connectivity index (χ0n) is 13.1. The van der Waals surface area contributed by atoms with Crippen LogP contribution in [0.4, 0.5) is 4.79 Å². The molecular weight excluding hydrogens is 294 g/mol. The molecule has 1 unspecified atom stereocenters. The summed E-state index contributed by atoms with van der Waals surface area (Å²) in [6.07, 6.45) is -0.635. The Bertz CT molecular complexity index is 670. The zero-order chi connectivity index (χ0) is 16.7. The van der Waals surface area contributed by atoms with Gasteiger partial charge in [0.2, 0.25) is 0 Å². The minimum absolute atomic E-state index is 0.216. The van der Waals surface area contributed by atoms with E-state index >= 15 is 0 Å². The van der Waals surface area contributed by atoms with Crippen LogP contribution in [0.2, 0.25) is 0 Å². The summed E-state index contributed by atoms with van der Waals surface area (Å²) in [5.74, 6) is 0.394. The van der Waals surface area contributed by atoms with E-state index < -0.39 is 12.1 Å². The summed E-state index contributed by atoms with van der Waals surface area (Å²) in [5.41, 5.74) is 1.14. The topological polar surface area (TPSA) is 64.6 Å². The fourth-order valence-electron chi connectivity index (χ4n) is 2.18. The number of carbonyl (C=O) groups is 2. The molecule has 0 spiro atoms. The number of hydrogen-bond donors (Lipinski definition) is 1. The van der Waals surface area contributed by atoms with E-state index in [0.29, 0.717) is 16.9 Å². The molecule has 0 saturated carbocycles. The van der Waals surface area contributed by atoms with Gasteiger partial charge in [-0.25, -0.2) is 4.79 Å². The average Bonchev–Trinajstić information content (AvgIpc) is 2.60. The van der Waals surface area contributed by atoms with E-state index in [-0.39, 0.29) is 12.4 Å². The molecule has 0 saturated heterocycles. The fraction of sp³-hybridized carbons (Fsp3) is 0.222. The van der Waals surface area contributed by atoms with Gasteiger partial charge in [-0.1, -0.05) is 42.5 Å². The lowest BCUT2D eigenvalue weighted by atomic mass is 9.97. The molecule has 1 N–H and O–H groups in total. The molecule has 1 atom stereocenters. The highest BCUT2D eigenvalue weighted by molar-refractivity contribution is 6.02. The molecule has 5 heteroatoms. The van der Waals surface area contributed by atoms with Crippen LogP contribution in [-0.4, -0.2) is 25.6 Å². The summed E-state index contributed by atoms with van der Waals surface area (Å²) < 4.78 is 10.1. The molecule has 0 fully saturated rings. The van der Waals surface area contributed by atoms with E-state index in [4.69, 9.17) is 9.47 Å². The van der Waals surface area contributed by atoms with Crippen molar-refractivity contribution in [3.8, 4) is 5.75 Å². The number of ether oxygens (including phenoxy) is 2. The molecule has 1 amide bonds. The predicted molar refractivity (Wildman–Crippen MR) is 86.7 cm³/mol. The third-order valence-electron chi connectivity index (χ3n) is 3.29. The number of hydrogen-bond acceptors (Lipinski definition) is 4. The number of carbonyl (C=O) groups excluding carboxylic acids is 2. The molecule has 2 aromatic rings. The number of methoxy groups -OCH3 is 1. The molecule has 0 bridgehead atoms. The molecule has 0 aliphatic rings. The zero-order valence-corrected chi connectivity index (χ0v) is 13.1. The van der Waals surface area contributed by atoms with Crippen LogP contribution in [0, 0.1) is 0 Å². The van der Waals surface area contributed by atoms with E-state index in [1.807, 2.05) is 6.07 Å². The summed E-state index contributed by atoms with van der Waals surface area (Å²) in [4.78, 5) is 24.6. The molecular formula is C18H19NO4. The van der Waals surface area contributed by atoms with Gasteiger partial charge >= 0.3 is 6.09 Å². The lowest BCUT2D eigenvalue weighted by molar-refractivity contribution is 0.0924. The fourth-order valence-corrected chi connectivity index (χ4v) is 2.18. The Hall–Kier alpha value is -2.82. The lowest BCUT2D eigenvalue weighted by Gasteiger charge is -2.18. The second-order valence-electron chi connectivity index (χ2n) is 4.80. The minimum atomic E-state index is -0.841.